The summed E-state index contributed by atoms with van der Waals surface area (Å²) in [5.41, 5.74) is 1.90. The number of hydrogen-bond acceptors (Lipinski definition) is 3. The lowest BCUT2D eigenvalue weighted by molar-refractivity contribution is -0.116. The Hall–Kier alpha value is -1.55. The number of amides is 1. The van der Waals surface area contributed by atoms with Gasteiger partial charge in [-0.2, -0.15) is 0 Å². The fraction of sp³-hybridized carbons (Fsp3) is 0.364. The Balaban J connectivity index is 2.28. The van der Waals surface area contributed by atoms with Crippen molar-refractivity contribution < 1.29 is 9.53 Å². The predicted octanol–water partition coefficient (Wildman–Crippen LogP) is 1.13. The summed E-state index contributed by atoms with van der Waals surface area (Å²) < 4.78 is 5.45. The Morgan fingerprint density at radius 1 is 1.53 bits per heavy atom. The predicted molar refractivity (Wildman–Crippen MR) is 57.9 cm³/mol. The molecule has 2 rings (SSSR count). The van der Waals surface area contributed by atoms with E-state index in [4.69, 9.17) is 4.74 Å². The molecule has 1 aliphatic heterocycles. The molecule has 80 valence electrons. The smallest absolute Gasteiger partial charge is 0.227 e. The fourth-order valence-corrected chi connectivity index (χ4v) is 1.58. The van der Waals surface area contributed by atoms with Gasteiger partial charge in [-0.05, 0) is 24.7 Å². The van der Waals surface area contributed by atoms with Gasteiger partial charge in [-0.3, -0.25) is 4.79 Å². The second kappa shape index (κ2) is 4.31. The minimum absolute atomic E-state index is 0.00959. The first-order chi connectivity index (χ1) is 7.29. The highest BCUT2D eigenvalue weighted by Gasteiger charge is 2.13. The van der Waals surface area contributed by atoms with Crippen molar-refractivity contribution in [3.8, 4) is 5.75 Å². The van der Waals surface area contributed by atoms with E-state index >= 15 is 0 Å². The molecule has 1 amide bonds. The van der Waals surface area contributed by atoms with Crippen LogP contribution in [0.5, 0.6) is 5.75 Å². The summed E-state index contributed by atoms with van der Waals surface area (Å²) in [7, 11) is 1.89. The maximum Gasteiger partial charge on any atom is 0.227 e. The minimum Gasteiger partial charge on any atom is -0.491 e. The second-order valence-corrected chi connectivity index (χ2v) is 3.51. The molecule has 15 heavy (non-hydrogen) atoms. The van der Waals surface area contributed by atoms with Gasteiger partial charge >= 0.3 is 0 Å². The summed E-state index contributed by atoms with van der Waals surface area (Å²) in [5, 5.41) is 5.89. The number of nitrogens with one attached hydrogen (secondary N) is 2. The summed E-state index contributed by atoms with van der Waals surface area (Å²) in [4.78, 5) is 11.3. The van der Waals surface area contributed by atoms with Crippen molar-refractivity contribution in [2.75, 3.05) is 19.0 Å². The number of carbonyl (C=O) groups excluding carboxylic acids is 1. The van der Waals surface area contributed by atoms with Gasteiger partial charge in [0, 0.05) is 6.54 Å². The molecule has 0 atom stereocenters. The lowest BCUT2D eigenvalue weighted by Gasteiger charge is -2.08. The molecular weight excluding hydrogens is 192 g/mol. The van der Waals surface area contributed by atoms with Crippen LogP contribution in [0, 0.1) is 0 Å². The molecule has 4 heteroatoms. The Morgan fingerprint density at radius 3 is 3.20 bits per heavy atom. The number of rotatable bonds is 2. The molecule has 0 saturated carbocycles. The number of benzene rings is 1. The van der Waals surface area contributed by atoms with Crippen molar-refractivity contribution in [3.63, 3.8) is 0 Å². The van der Waals surface area contributed by atoms with Crippen LogP contribution in [0.15, 0.2) is 18.2 Å². The maximum atomic E-state index is 11.3. The van der Waals surface area contributed by atoms with Crippen molar-refractivity contribution in [2.45, 2.75) is 13.0 Å². The first kappa shape index (κ1) is 9.98. The summed E-state index contributed by atoms with van der Waals surface area (Å²) in [6.45, 7) is 1.23. The van der Waals surface area contributed by atoms with E-state index in [0.717, 1.165) is 23.5 Å². The van der Waals surface area contributed by atoms with E-state index in [-0.39, 0.29) is 5.91 Å². The number of carbonyl (C=O) groups is 1. The summed E-state index contributed by atoms with van der Waals surface area (Å²) in [6, 6.07) is 5.83. The van der Waals surface area contributed by atoms with E-state index in [1.807, 2.05) is 25.2 Å². The third kappa shape index (κ3) is 2.27. The highest BCUT2D eigenvalue weighted by Crippen LogP contribution is 2.27. The van der Waals surface area contributed by atoms with E-state index in [2.05, 4.69) is 10.6 Å². The van der Waals surface area contributed by atoms with E-state index in [0.29, 0.717) is 13.0 Å². The Bertz CT molecular complexity index is 377. The van der Waals surface area contributed by atoms with E-state index in [1.54, 1.807) is 0 Å². The van der Waals surface area contributed by atoms with Gasteiger partial charge < -0.3 is 15.4 Å². The zero-order valence-electron chi connectivity index (χ0n) is 8.67. The summed E-state index contributed by atoms with van der Waals surface area (Å²) in [5.74, 6) is 0.760. The summed E-state index contributed by atoms with van der Waals surface area (Å²) >= 11 is 0. The molecule has 0 saturated heterocycles. The van der Waals surface area contributed by atoms with Crippen molar-refractivity contribution in [3.05, 3.63) is 23.8 Å². The Morgan fingerprint density at radius 2 is 2.40 bits per heavy atom. The third-order valence-electron chi connectivity index (χ3n) is 2.29. The molecule has 1 heterocycles. The van der Waals surface area contributed by atoms with E-state index < -0.39 is 0 Å². The van der Waals surface area contributed by atoms with Crippen LogP contribution < -0.4 is 15.4 Å². The van der Waals surface area contributed by atoms with Gasteiger partial charge in [0.1, 0.15) is 5.75 Å². The monoisotopic (exact) mass is 206 g/mol. The van der Waals surface area contributed by atoms with Gasteiger partial charge in [0.25, 0.3) is 0 Å². The Labute approximate surface area is 88.6 Å². The second-order valence-electron chi connectivity index (χ2n) is 3.51. The van der Waals surface area contributed by atoms with Crippen molar-refractivity contribution >= 4 is 11.6 Å². The number of anilines is 1. The van der Waals surface area contributed by atoms with Gasteiger partial charge in [0.15, 0.2) is 0 Å². The first-order valence-electron chi connectivity index (χ1n) is 5.00. The van der Waals surface area contributed by atoms with Gasteiger partial charge in [-0.25, -0.2) is 0 Å². The summed E-state index contributed by atoms with van der Waals surface area (Å²) in [6.07, 6.45) is 0.413. The molecule has 0 aliphatic carbocycles. The molecule has 0 spiro atoms. The molecule has 0 aromatic heterocycles. The maximum absolute atomic E-state index is 11.3. The molecule has 1 aromatic carbocycles. The molecule has 0 radical (unpaired) electrons. The first-order valence-corrected chi connectivity index (χ1v) is 5.00. The van der Waals surface area contributed by atoms with Crippen LogP contribution in [0.3, 0.4) is 0 Å². The molecule has 4 nitrogen and oxygen atoms in total. The lowest BCUT2D eigenvalue weighted by atomic mass is 10.2. The largest absolute Gasteiger partial charge is 0.491 e. The molecule has 0 bridgehead atoms. The van der Waals surface area contributed by atoms with Gasteiger partial charge in [-0.15, -0.1) is 0 Å². The molecule has 1 aliphatic rings. The number of ether oxygens (including phenoxy) is 1. The quantitative estimate of drug-likeness (QED) is 0.762. The van der Waals surface area contributed by atoms with E-state index in [1.165, 1.54) is 0 Å². The molecular formula is C11H14N2O2. The van der Waals surface area contributed by atoms with Crippen molar-refractivity contribution in [1.29, 1.82) is 0 Å². The average Bonchev–Trinajstić information content (AvgIpc) is 2.38. The average molecular weight is 206 g/mol. The zero-order chi connectivity index (χ0) is 10.7. The molecule has 2 N–H and O–H groups in total. The van der Waals surface area contributed by atoms with Crippen molar-refractivity contribution in [2.24, 2.45) is 0 Å². The third-order valence-corrected chi connectivity index (χ3v) is 2.29. The van der Waals surface area contributed by atoms with Crippen LogP contribution in [-0.2, 0) is 11.3 Å². The van der Waals surface area contributed by atoms with Crippen LogP contribution in [0.1, 0.15) is 12.0 Å². The SMILES string of the molecule is CNCc1ccc2c(c1)NC(=O)CCO2. The topological polar surface area (TPSA) is 50.4 Å². The van der Waals surface area contributed by atoms with Gasteiger partial charge in [-0.1, -0.05) is 6.07 Å². The van der Waals surface area contributed by atoms with Crippen LogP contribution in [0.4, 0.5) is 5.69 Å². The van der Waals surface area contributed by atoms with Crippen LogP contribution in [0.25, 0.3) is 0 Å². The van der Waals surface area contributed by atoms with Gasteiger partial charge in [0.2, 0.25) is 5.91 Å². The highest BCUT2D eigenvalue weighted by atomic mass is 16.5. The van der Waals surface area contributed by atoms with Crippen LogP contribution >= 0.6 is 0 Å². The normalized spacial score (nSPS) is 14.9. The number of fused-ring (bicyclic) bond motifs is 1. The van der Waals surface area contributed by atoms with Crippen molar-refractivity contribution in [1.82, 2.24) is 5.32 Å². The highest BCUT2D eigenvalue weighted by molar-refractivity contribution is 5.93. The van der Waals surface area contributed by atoms with E-state index in [9.17, 15) is 4.79 Å². The lowest BCUT2D eigenvalue weighted by Crippen LogP contribution is -2.11. The zero-order valence-corrected chi connectivity index (χ0v) is 8.67. The van der Waals surface area contributed by atoms with Gasteiger partial charge in [0.05, 0.1) is 18.7 Å². The standard InChI is InChI=1S/C11H14N2O2/c1-12-7-8-2-3-10-9(6-8)13-11(14)4-5-15-10/h2-3,6,12H,4-5,7H2,1H3,(H,13,14). The molecule has 1 aromatic rings. The molecule has 0 fully saturated rings. The molecule has 0 unspecified atom stereocenters. The van der Waals surface area contributed by atoms with Crippen LogP contribution in [0.2, 0.25) is 0 Å². The fourth-order valence-electron chi connectivity index (χ4n) is 1.58. The Kier molecular flexibility index (Phi) is 2.87. The van der Waals surface area contributed by atoms with Crippen LogP contribution in [-0.4, -0.2) is 19.6 Å². The minimum atomic E-state index is 0.00959. The number of hydrogen-bond donors (Lipinski definition) is 2.